The van der Waals surface area contributed by atoms with E-state index in [-0.39, 0.29) is 5.91 Å². The molecule has 1 amide bonds. The molecular weight excluding hydrogens is 382 g/mol. The second-order valence-corrected chi connectivity index (χ2v) is 9.33. The van der Waals surface area contributed by atoms with Crippen LogP contribution in [0.2, 0.25) is 0 Å². The third kappa shape index (κ3) is 7.00. The minimum atomic E-state index is 0.162. The van der Waals surface area contributed by atoms with Crippen molar-refractivity contribution in [3.63, 3.8) is 0 Å². The molecule has 3 heterocycles. The van der Waals surface area contributed by atoms with E-state index in [1.54, 1.807) is 7.05 Å². The lowest BCUT2D eigenvalue weighted by Gasteiger charge is -2.35. The van der Waals surface area contributed by atoms with Gasteiger partial charge in [0.15, 0.2) is 5.96 Å². The highest BCUT2D eigenvalue weighted by molar-refractivity contribution is 7.09. The molecule has 2 saturated heterocycles. The van der Waals surface area contributed by atoms with E-state index in [1.165, 1.54) is 30.8 Å². The molecule has 0 saturated carbocycles. The van der Waals surface area contributed by atoms with E-state index in [2.05, 4.69) is 44.9 Å². The summed E-state index contributed by atoms with van der Waals surface area (Å²) in [6.45, 7) is 9.40. The monoisotopic (exact) mass is 419 g/mol. The van der Waals surface area contributed by atoms with Gasteiger partial charge in [0.1, 0.15) is 0 Å². The summed E-state index contributed by atoms with van der Waals surface area (Å²) in [5.41, 5.74) is 0. The largest absolute Gasteiger partial charge is 0.359 e. The van der Waals surface area contributed by atoms with Crippen LogP contribution in [0.3, 0.4) is 0 Å². The van der Waals surface area contributed by atoms with Crippen LogP contribution in [0, 0.1) is 11.8 Å². The first-order valence-corrected chi connectivity index (χ1v) is 12.0. The fraction of sp³-hybridized carbons (Fsp3) is 0.727. The molecule has 1 aromatic heterocycles. The normalized spacial score (nSPS) is 20.1. The molecule has 0 aliphatic carbocycles. The van der Waals surface area contributed by atoms with E-state index in [9.17, 15) is 4.79 Å². The van der Waals surface area contributed by atoms with Crippen molar-refractivity contribution in [2.24, 2.45) is 16.8 Å². The van der Waals surface area contributed by atoms with Crippen LogP contribution in [0.5, 0.6) is 0 Å². The van der Waals surface area contributed by atoms with Crippen LogP contribution < -0.4 is 10.6 Å². The van der Waals surface area contributed by atoms with Gasteiger partial charge in [0.05, 0.1) is 0 Å². The van der Waals surface area contributed by atoms with Gasteiger partial charge in [-0.15, -0.1) is 11.3 Å². The topological polar surface area (TPSA) is 60.0 Å². The first-order chi connectivity index (χ1) is 14.2. The quantitative estimate of drug-likeness (QED) is 0.527. The fourth-order valence-electron chi connectivity index (χ4n) is 4.30. The number of amides is 1. The lowest BCUT2D eigenvalue weighted by atomic mass is 9.93. The Kier molecular flexibility index (Phi) is 8.80. The second kappa shape index (κ2) is 11.6. The Bertz CT molecular complexity index is 632. The average molecular weight is 420 g/mol. The summed E-state index contributed by atoms with van der Waals surface area (Å²) < 4.78 is 0. The number of piperidine rings is 2. The van der Waals surface area contributed by atoms with E-state index < -0.39 is 0 Å². The van der Waals surface area contributed by atoms with Crippen LogP contribution in [-0.4, -0.2) is 68.0 Å². The summed E-state index contributed by atoms with van der Waals surface area (Å²) in [7, 11) is 1.72. The average Bonchev–Trinajstić information content (AvgIpc) is 3.26. The maximum atomic E-state index is 11.6. The van der Waals surface area contributed by atoms with Crippen molar-refractivity contribution in [2.45, 2.75) is 45.6 Å². The number of nitrogens with zero attached hydrogens (tertiary/aromatic N) is 3. The van der Waals surface area contributed by atoms with Gasteiger partial charge in [-0.05, 0) is 69.0 Å². The van der Waals surface area contributed by atoms with Crippen molar-refractivity contribution >= 4 is 23.2 Å². The number of hydrogen-bond acceptors (Lipinski definition) is 4. The molecule has 0 aromatic carbocycles. The van der Waals surface area contributed by atoms with Crippen molar-refractivity contribution < 1.29 is 4.79 Å². The second-order valence-electron chi connectivity index (χ2n) is 8.30. The van der Waals surface area contributed by atoms with Gasteiger partial charge < -0.3 is 15.5 Å². The van der Waals surface area contributed by atoms with Crippen molar-refractivity contribution in [1.82, 2.24) is 20.4 Å². The number of guanidine groups is 1. The molecule has 2 aliphatic heterocycles. The maximum absolute atomic E-state index is 11.6. The number of carbonyl (C=O) groups is 1. The van der Waals surface area contributed by atoms with Crippen LogP contribution >= 0.6 is 11.3 Å². The molecule has 7 heteroatoms. The molecule has 162 valence electrons. The molecule has 0 atom stereocenters. The number of hydrogen-bond donors (Lipinski definition) is 2. The van der Waals surface area contributed by atoms with E-state index in [0.29, 0.717) is 18.3 Å². The number of aliphatic imine (C=N–C) groups is 1. The molecule has 2 N–H and O–H groups in total. The minimum absolute atomic E-state index is 0.162. The highest BCUT2D eigenvalue weighted by atomic mass is 32.1. The van der Waals surface area contributed by atoms with Gasteiger partial charge in [0, 0.05) is 51.1 Å². The fourth-order valence-corrected chi connectivity index (χ4v) is 5.05. The van der Waals surface area contributed by atoms with Crippen molar-refractivity contribution in [3.05, 3.63) is 22.4 Å². The van der Waals surface area contributed by atoms with Crippen LogP contribution in [0.25, 0.3) is 0 Å². The lowest BCUT2D eigenvalue weighted by Crippen LogP contribution is -2.46. The number of nitrogens with one attached hydrogen (secondary N) is 2. The zero-order valence-electron chi connectivity index (χ0n) is 18.0. The number of carbonyl (C=O) groups excluding carboxylic acids is 1. The Balaban J connectivity index is 1.43. The van der Waals surface area contributed by atoms with Crippen molar-refractivity contribution in [1.29, 1.82) is 0 Å². The van der Waals surface area contributed by atoms with Crippen LogP contribution in [0.4, 0.5) is 0 Å². The predicted molar refractivity (Wildman–Crippen MR) is 121 cm³/mol. The van der Waals surface area contributed by atoms with E-state index in [4.69, 9.17) is 4.99 Å². The van der Waals surface area contributed by atoms with Crippen LogP contribution in [0.1, 0.15) is 43.9 Å². The molecule has 29 heavy (non-hydrogen) atoms. The number of rotatable bonds is 7. The Labute approximate surface area is 179 Å². The van der Waals surface area contributed by atoms with Crippen molar-refractivity contribution in [2.75, 3.05) is 46.3 Å². The SMILES string of the molecule is CCNC(=NCC1CCN(Cc2cccs2)CC1)N1CCC(CC(=O)NC)CC1. The Morgan fingerprint density at radius 3 is 2.52 bits per heavy atom. The molecule has 6 nitrogen and oxygen atoms in total. The zero-order chi connectivity index (χ0) is 20.5. The summed E-state index contributed by atoms with van der Waals surface area (Å²) in [5.74, 6) is 2.41. The van der Waals surface area contributed by atoms with Crippen LogP contribution in [-0.2, 0) is 11.3 Å². The van der Waals surface area contributed by atoms with Crippen LogP contribution in [0.15, 0.2) is 22.5 Å². The lowest BCUT2D eigenvalue weighted by molar-refractivity contribution is -0.121. The summed E-state index contributed by atoms with van der Waals surface area (Å²) in [6.07, 6.45) is 5.27. The Morgan fingerprint density at radius 1 is 1.17 bits per heavy atom. The molecule has 2 fully saturated rings. The van der Waals surface area contributed by atoms with Crippen molar-refractivity contribution in [3.8, 4) is 0 Å². The minimum Gasteiger partial charge on any atom is -0.359 e. The molecule has 0 spiro atoms. The maximum Gasteiger partial charge on any atom is 0.220 e. The number of thiophene rings is 1. The highest BCUT2D eigenvalue weighted by Gasteiger charge is 2.24. The highest BCUT2D eigenvalue weighted by Crippen LogP contribution is 2.22. The summed E-state index contributed by atoms with van der Waals surface area (Å²) in [4.78, 5) is 23.1. The summed E-state index contributed by atoms with van der Waals surface area (Å²) in [6, 6.07) is 4.38. The molecule has 0 radical (unpaired) electrons. The van der Waals surface area contributed by atoms with Gasteiger partial charge in [-0.25, -0.2) is 0 Å². The van der Waals surface area contributed by atoms with Gasteiger partial charge in [-0.3, -0.25) is 14.7 Å². The first kappa shape index (κ1) is 22.1. The number of likely N-dealkylation sites (tertiary alicyclic amines) is 2. The summed E-state index contributed by atoms with van der Waals surface area (Å²) in [5, 5.41) is 8.40. The smallest absolute Gasteiger partial charge is 0.220 e. The molecule has 3 rings (SSSR count). The van der Waals surface area contributed by atoms with Gasteiger partial charge in [-0.1, -0.05) is 6.07 Å². The van der Waals surface area contributed by atoms with E-state index >= 15 is 0 Å². The zero-order valence-corrected chi connectivity index (χ0v) is 18.8. The van der Waals surface area contributed by atoms with E-state index in [0.717, 1.165) is 51.5 Å². The third-order valence-corrected chi connectivity index (χ3v) is 7.03. The van der Waals surface area contributed by atoms with Gasteiger partial charge >= 0.3 is 0 Å². The third-order valence-electron chi connectivity index (χ3n) is 6.17. The molecular formula is C22H37N5OS. The Hall–Kier alpha value is -1.60. The Morgan fingerprint density at radius 2 is 1.90 bits per heavy atom. The van der Waals surface area contributed by atoms with Gasteiger partial charge in [0.2, 0.25) is 5.91 Å². The van der Waals surface area contributed by atoms with Gasteiger partial charge in [0.25, 0.3) is 0 Å². The molecule has 2 aliphatic rings. The first-order valence-electron chi connectivity index (χ1n) is 11.2. The summed E-state index contributed by atoms with van der Waals surface area (Å²) >= 11 is 1.86. The van der Waals surface area contributed by atoms with E-state index in [1.807, 2.05) is 11.3 Å². The predicted octanol–water partition coefficient (Wildman–Crippen LogP) is 2.77. The standard InChI is InChI=1S/C22H37N5OS/c1-3-24-22(27-12-8-18(9-13-27)15-21(28)23-2)25-16-19-6-10-26(11-7-19)17-20-5-4-14-29-20/h4-5,14,18-19H,3,6-13,15-17H2,1-2H3,(H,23,28)(H,24,25). The molecule has 0 bridgehead atoms. The molecule has 0 unspecified atom stereocenters. The van der Waals surface area contributed by atoms with Gasteiger partial charge in [-0.2, -0.15) is 0 Å². The molecule has 1 aromatic rings.